The molecule has 0 saturated heterocycles. The van der Waals surface area contributed by atoms with Crippen LogP contribution in [0.3, 0.4) is 0 Å². The van der Waals surface area contributed by atoms with Crippen LogP contribution in [0.1, 0.15) is 21.5 Å². The number of carbonyl (C=O) groups excluding carboxylic acids is 1. The molecule has 1 heterocycles. The summed E-state index contributed by atoms with van der Waals surface area (Å²) in [4.78, 5) is 12.0. The van der Waals surface area contributed by atoms with Crippen molar-refractivity contribution < 1.29 is 9.47 Å². The van der Waals surface area contributed by atoms with E-state index < -0.39 is 0 Å². The number of benzene rings is 1. The maximum atomic E-state index is 12.0. The van der Waals surface area contributed by atoms with Gasteiger partial charge in [0, 0.05) is 17.7 Å². The molecule has 3 nitrogen and oxygen atoms in total. The zero-order valence-electron chi connectivity index (χ0n) is 9.97. The highest BCUT2D eigenvalue weighted by molar-refractivity contribution is 5.99. The molecule has 0 saturated carbocycles. The zero-order valence-corrected chi connectivity index (χ0v) is 9.97. The highest BCUT2D eigenvalue weighted by Crippen LogP contribution is 2.06. The van der Waals surface area contributed by atoms with Gasteiger partial charge in [-0.2, -0.15) is 0 Å². The van der Waals surface area contributed by atoms with E-state index in [1.165, 1.54) is 0 Å². The molecule has 17 heavy (non-hydrogen) atoms. The Morgan fingerprint density at radius 1 is 1.06 bits per heavy atom. The average molecular weight is 227 g/mol. The fourth-order valence-electron chi connectivity index (χ4n) is 1.58. The summed E-state index contributed by atoms with van der Waals surface area (Å²) < 4.78 is 1.65. The fourth-order valence-corrected chi connectivity index (χ4v) is 1.58. The minimum atomic E-state index is -0.100. The monoisotopic (exact) mass is 227 g/mol. The molecule has 0 aliphatic heterocycles. The van der Waals surface area contributed by atoms with Gasteiger partial charge in [0.05, 0.1) is 0 Å². The maximum Gasteiger partial charge on any atom is 0.305 e. The summed E-state index contributed by atoms with van der Waals surface area (Å²) in [5, 5.41) is 0. The molecule has 0 aliphatic rings. The van der Waals surface area contributed by atoms with Gasteiger partial charge in [-0.15, -0.1) is 5.43 Å². The first-order valence-corrected chi connectivity index (χ1v) is 5.52. The first-order chi connectivity index (χ1) is 8.16. The van der Waals surface area contributed by atoms with Gasteiger partial charge in [0.15, 0.2) is 12.4 Å². The van der Waals surface area contributed by atoms with Crippen LogP contribution in [-0.2, 0) is 0 Å². The quantitative estimate of drug-likeness (QED) is 0.782. The number of amides is 1. The minimum Gasteiger partial charge on any atom is -0.264 e. The lowest BCUT2D eigenvalue weighted by atomic mass is 10.1. The second-order valence-corrected chi connectivity index (χ2v) is 4.04. The van der Waals surface area contributed by atoms with E-state index in [0.717, 1.165) is 11.1 Å². The summed E-state index contributed by atoms with van der Waals surface area (Å²) in [5.41, 5.74) is 5.63. The summed E-state index contributed by atoms with van der Waals surface area (Å²) in [7, 11) is 0. The van der Waals surface area contributed by atoms with Crippen LogP contribution in [0.4, 0.5) is 0 Å². The lowest BCUT2D eigenvalue weighted by Gasteiger charge is -2.03. The Morgan fingerprint density at radius 3 is 2.35 bits per heavy atom. The van der Waals surface area contributed by atoms with E-state index in [4.69, 9.17) is 0 Å². The fraction of sp³-hybridized carbons (Fsp3) is 0.143. The van der Waals surface area contributed by atoms with Crippen molar-refractivity contribution in [2.24, 2.45) is 0 Å². The molecule has 0 atom stereocenters. The smallest absolute Gasteiger partial charge is 0.264 e. The molecule has 1 N–H and O–H groups in total. The second kappa shape index (κ2) is 4.78. The molecule has 1 aromatic carbocycles. The minimum absolute atomic E-state index is 0.100. The van der Waals surface area contributed by atoms with Crippen LogP contribution in [0.25, 0.3) is 0 Å². The maximum absolute atomic E-state index is 12.0. The van der Waals surface area contributed by atoms with E-state index >= 15 is 0 Å². The van der Waals surface area contributed by atoms with Crippen molar-refractivity contribution in [2.75, 3.05) is 5.43 Å². The van der Waals surface area contributed by atoms with Crippen LogP contribution < -0.4 is 10.1 Å². The largest absolute Gasteiger partial charge is 0.305 e. The third kappa shape index (κ3) is 2.69. The first kappa shape index (κ1) is 11.3. The lowest BCUT2D eigenvalue weighted by molar-refractivity contribution is -0.641. The second-order valence-electron chi connectivity index (χ2n) is 4.04. The predicted octanol–water partition coefficient (Wildman–Crippen LogP) is 1.97. The van der Waals surface area contributed by atoms with Crippen LogP contribution in [-0.4, -0.2) is 5.91 Å². The summed E-state index contributed by atoms with van der Waals surface area (Å²) in [6, 6.07) is 11.4. The molecular formula is C14H15N2O+. The van der Waals surface area contributed by atoms with Gasteiger partial charge < -0.3 is 0 Å². The Labute approximate surface area is 101 Å². The molecule has 0 unspecified atom stereocenters. The Kier molecular flexibility index (Phi) is 3.19. The molecule has 2 rings (SSSR count). The van der Waals surface area contributed by atoms with E-state index in [1.54, 1.807) is 4.68 Å². The van der Waals surface area contributed by atoms with Crippen molar-refractivity contribution in [1.29, 1.82) is 0 Å². The van der Waals surface area contributed by atoms with Crippen LogP contribution in [0.5, 0.6) is 0 Å². The molecule has 2 aromatic rings. The third-order valence-electron chi connectivity index (χ3n) is 2.62. The molecule has 3 heteroatoms. The summed E-state index contributed by atoms with van der Waals surface area (Å²) >= 11 is 0. The Hall–Kier alpha value is -2.16. The van der Waals surface area contributed by atoms with E-state index in [2.05, 4.69) is 5.43 Å². The van der Waals surface area contributed by atoms with Crippen molar-refractivity contribution in [3.63, 3.8) is 0 Å². The molecule has 1 amide bonds. The van der Waals surface area contributed by atoms with E-state index in [1.807, 2.05) is 62.6 Å². The van der Waals surface area contributed by atoms with Gasteiger partial charge in [0.2, 0.25) is 0 Å². The molecule has 0 fully saturated rings. The summed E-state index contributed by atoms with van der Waals surface area (Å²) in [6.45, 7) is 3.93. The van der Waals surface area contributed by atoms with Gasteiger partial charge in [0.1, 0.15) is 0 Å². The van der Waals surface area contributed by atoms with Crippen molar-refractivity contribution in [3.05, 3.63) is 65.5 Å². The third-order valence-corrected chi connectivity index (χ3v) is 2.62. The SMILES string of the molecule is Cc1cc[n+](NC(=O)c2ccccc2C)cc1. The topological polar surface area (TPSA) is 33.0 Å². The van der Waals surface area contributed by atoms with Crippen LogP contribution in [0, 0.1) is 13.8 Å². The normalized spacial score (nSPS) is 10.0. The number of hydrogen-bond donors (Lipinski definition) is 1. The number of aryl methyl sites for hydroxylation is 2. The molecule has 0 bridgehead atoms. The number of nitrogens with one attached hydrogen (secondary N) is 1. The number of nitrogens with zero attached hydrogens (tertiary/aromatic N) is 1. The molecule has 0 aliphatic carbocycles. The van der Waals surface area contributed by atoms with E-state index in [-0.39, 0.29) is 5.91 Å². The number of aromatic nitrogens is 1. The van der Waals surface area contributed by atoms with Crippen molar-refractivity contribution in [3.8, 4) is 0 Å². The lowest BCUT2D eigenvalue weighted by Crippen LogP contribution is -2.47. The van der Waals surface area contributed by atoms with E-state index in [9.17, 15) is 4.79 Å². The summed E-state index contributed by atoms with van der Waals surface area (Å²) in [5.74, 6) is -0.100. The van der Waals surface area contributed by atoms with Crippen molar-refractivity contribution >= 4 is 5.91 Å². The predicted molar refractivity (Wildman–Crippen MR) is 66.2 cm³/mol. The van der Waals surface area contributed by atoms with E-state index in [0.29, 0.717) is 5.56 Å². The zero-order chi connectivity index (χ0) is 12.3. The molecule has 0 spiro atoms. The number of pyridine rings is 1. The van der Waals surface area contributed by atoms with Gasteiger partial charge in [-0.3, -0.25) is 4.79 Å². The van der Waals surface area contributed by atoms with Gasteiger partial charge in [-0.05, 0) is 31.0 Å². The van der Waals surface area contributed by atoms with Crippen molar-refractivity contribution in [2.45, 2.75) is 13.8 Å². The van der Waals surface area contributed by atoms with Crippen LogP contribution >= 0.6 is 0 Å². The summed E-state index contributed by atoms with van der Waals surface area (Å²) in [6.07, 6.45) is 3.65. The highest BCUT2D eigenvalue weighted by Gasteiger charge is 2.11. The van der Waals surface area contributed by atoms with Gasteiger partial charge in [-0.25, -0.2) is 0 Å². The Morgan fingerprint density at radius 2 is 1.71 bits per heavy atom. The first-order valence-electron chi connectivity index (χ1n) is 5.52. The number of carbonyl (C=O) groups is 1. The Balaban J connectivity index is 2.17. The molecule has 86 valence electrons. The molecular weight excluding hydrogens is 212 g/mol. The van der Waals surface area contributed by atoms with Gasteiger partial charge >= 0.3 is 5.91 Å². The highest BCUT2D eigenvalue weighted by atomic mass is 16.2. The van der Waals surface area contributed by atoms with Gasteiger partial charge in [0.25, 0.3) is 0 Å². The van der Waals surface area contributed by atoms with Gasteiger partial charge in [-0.1, -0.05) is 22.9 Å². The van der Waals surface area contributed by atoms with Crippen LogP contribution in [0.15, 0.2) is 48.8 Å². The Bertz CT molecular complexity index is 532. The molecule has 1 aromatic heterocycles. The average Bonchev–Trinajstić information content (AvgIpc) is 2.32. The van der Waals surface area contributed by atoms with Crippen molar-refractivity contribution in [1.82, 2.24) is 0 Å². The number of rotatable bonds is 2. The van der Waals surface area contributed by atoms with Crippen LogP contribution in [0.2, 0.25) is 0 Å². The molecule has 0 radical (unpaired) electrons. The number of hydrogen-bond acceptors (Lipinski definition) is 1. The standard InChI is InChI=1S/C14H14N2O/c1-11-7-9-16(10-8-11)15-14(17)13-6-4-3-5-12(13)2/h3-10H,1-2H3/p+1.